The van der Waals surface area contributed by atoms with E-state index in [1.165, 1.54) is 27.6 Å². The Morgan fingerprint density at radius 3 is 2.63 bits per heavy atom. The van der Waals surface area contributed by atoms with E-state index >= 15 is 0 Å². The lowest BCUT2D eigenvalue weighted by Gasteiger charge is -2.21. The average Bonchev–Trinajstić information content (AvgIpc) is 3.00. The van der Waals surface area contributed by atoms with Crippen molar-refractivity contribution in [2.24, 2.45) is 5.92 Å². The number of nitrogens with one attached hydrogen (secondary N) is 1. The van der Waals surface area contributed by atoms with Gasteiger partial charge in [-0.2, -0.15) is 0 Å². The number of hydrogen-bond acceptors (Lipinski definition) is 4. The van der Waals surface area contributed by atoms with Gasteiger partial charge in [-0.15, -0.1) is 5.10 Å². The summed E-state index contributed by atoms with van der Waals surface area (Å²) >= 11 is 6.30. The summed E-state index contributed by atoms with van der Waals surface area (Å²) in [6.45, 7) is 2.44. The summed E-state index contributed by atoms with van der Waals surface area (Å²) < 4.78 is 16.3. The van der Waals surface area contributed by atoms with Crippen molar-refractivity contribution in [3.8, 4) is 17.1 Å². The third-order valence-corrected chi connectivity index (χ3v) is 5.13. The Labute approximate surface area is 160 Å². The van der Waals surface area contributed by atoms with Gasteiger partial charge in [-0.25, -0.2) is 18.4 Å². The molecule has 0 saturated carbocycles. The summed E-state index contributed by atoms with van der Waals surface area (Å²) in [5, 5.41) is 8.30. The highest BCUT2D eigenvalue weighted by Gasteiger charge is 2.22. The zero-order valence-corrected chi connectivity index (χ0v) is 15.4. The van der Waals surface area contributed by atoms with Crippen LogP contribution in [-0.4, -0.2) is 32.4 Å². The molecule has 0 aliphatic carbocycles. The summed E-state index contributed by atoms with van der Waals surface area (Å²) in [6.07, 6.45) is 5.12. The molecule has 1 fully saturated rings. The number of halogens is 2. The van der Waals surface area contributed by atoms with Gasteiger partial charge in [0.25, 0.3) is 0 Å². The van der Waals surface area contributed by atoms with Crippen molar-refractivity contribution in [1.82, 2.24) is 24.6 Å². The van der Waals surface area contributed by atoms with Crippen LogP contribution in [0.2, 0.25) is 5.02 Å². The predicted molar refractivity (Wildman–Crippen MR) is 102 cm³/mol. The lowest BCUT2D eigenvalue weighted by Crippen LogP contribution is -2.33. The Hall–Kier alpha value is -2.51. The SMILES string of the molecule is O=c1n(CC2CCNCC2)nc(-c2ccncc2Cl)n1-c1ccc(F)cc1. The number of pyridine rings is 1. The van der Waals surface area contributed by atoms with E-state index in [4.69, 9.17) is 11.6 Å². The first-order valence-corrected chi connectivity index (χ1v) is 9.27. The van der Waals surface area contributed by atoms with E-state index in [1.807, 2.05) is 0 Å². The van der Waals surface area contributed by atoms with Crippen LogP contribution in [0.1, 0.15) is 12.8 Å². The Morgan fingerprint density at radius 2 is 1.93 bits per heavy atom. The lowest BCUT2D eigenvalue weighted by molar-refractivity contribution is 0.317. The van der Waals surface area contributed by atoms with Gasteiger partial charge < -0.3 is 5.32 Å². The molecule has 0 spiro atoms. The van der Waals surface area contributed by atoms with Crippen LogP contribution in [-0.2, 0) is 6.54 Å². The largest absolute Gasteiger partial charge is 0.350 e. The fraction of sp³-hybridized carbons (Fsp3) is 0.316. The first-order chi connectivity index (χ1) is 13.1. The standard InChI is InChI=1S/C19H19ClFN5O/c20-17-11-23-10-7-16(17)18-24-25(12-13-5-8-22-9-6-13)19(27)26(18)15-3-1-14(21)2-4-15/h1-4,7,10-11,13,22H,5-6,8-9,12H2. The molecular formula is C19H19ClFN5O. The molecule has 27 heavy (non-hydrogen) atoms. The number of nitrogens with zero attached hydrogens (tertiary/aromatic N) is 4. The van der Waals surface area contributed by atoms with Crippen LogP contribution in [0.3, 0.4) is 0 Å². The number of benzene rings is 1. The summed E-state index contributed by atoms with van der Waals surface area (Å²) in [5.41, 5.74) is 0.890. The van der Waals surface area contributed by atoms with E-state index in [2.05, 4.69) is 15.4 Å². The van der Waals surface area contributed by atoms with Gasteiger partial charge in [-0.05, 0) is 62.2 Å². The average molecular weight is 388 g/mol. The maximum Gasteiger partial charge on any atom is 0.350 e. The van der Waals surface area contributed by atoms with Gasteiger partial charge in [0.15, 0.2) is 5.82 Å². The minimum atomic E-state index is -0.364. The molecule has 3 heterocycles. The summed E-state index contributed by atoms with van der Waals surface area (Å²) in [7, 11) is 0. The third kappa shape index (κ3) is 3.65. The van der Waals surface area contributed by atoms with Crippen LogP contribution in [0, 0.1) is 11.7 Å². The van der Waals surface area contributed by atoms with Gasteiger partial charge in [0, 0.05) is 24.5 Å². The van der Waals surface area contributed by atoms with E-state index in [1.54, 1.807) is 24.4 Å². The van der Waals surface area contributed by atoms with Gasteiger partial charge in [0.05, 0.1) is 10.7 Å². The normalized spacial score (nSPS) is 15.2. The smallest absolute Gasteiger partial charge is 0.317 e. The van der Waals surface area contributed by atoms with Crippen LogP contribution in [0.15, 0.2) is 47.5 Å². The second-order valence-corrected chi connectivity index (χ2v) is 7.06. The monoisotopic (exact) mass is 387 g/mol. The molecule has 140 valence electrons. The van der Waals surface area contributed by atoms with Gasteiger partial charge in [-0.3, -0.25) is 4.98 Å². The number of rotatable bonds is 4. The number of piperidine rings is 1. The van der Waals surface area contributed by atoms with Crippen molar-refractivity contribution in [3.05, 3.63) is 64.0 Å². The number of hydrogen-bond donors (Lipinski definition) is 1. The maximum atomic E-state index is 13.4. The lowest BCUT2D eigenvalue weighted by atomic mass is 9.98. The van der Waals surface area contributed by atoms with Gasteiger partial charge >= 0.3 is 5.69 Å². The molecule has 0 amide bonds. The molecular weight excluding hydrogens is 369 g/mol. The van der Waals surface area contributed by atoms with Crippen molar-refractivity contribution in [3.63, 3.8) is 0 Å². The Morgan fingerprint density at radius 1 is 1.19 bits per heavy atom. The minimum absolute atomic E-state index is 0.261. The minimum Gasteiger partial charge on any atom is -0.317 e. The van der Waals surface area contributed by atoms with Gasteiger partial charge in [-0.1, -0.05) is 11.6 Å². The van der Waals surface area contributed by atoms with Crippen LogP contribution >= 0.6 is 11.6 Å². The van der Waals surface area contributed by atoms with Crippen molar-refractivity contribution in [1.29, 1.82) is 0 Å². The molecule has 0 bridgehead atoms. The Kier molecular flexibility index (Phi) is 5.05. The molecule has 1 aliphatic heterocycles. The van der Waals surface area contributed by atoms with E-state index in [0.717, 1.165) is 25.9 Å². The molecule has 0 atom stereocenters. The van der Waals surface area contributed by atoms with Crippen molar-refractivity contribution in [2.75, 3.05) is 13.1 Å². The Balaban J connectivity index is 1.83. The molecule has 4 rings (SSSR count). The molecule has 0 unspecified atom stereocenters. The summed E-state index contributed by atoms with van der Waals surface area (Å²) in [5.74, 6) is 0.451. The quantitative estimate of drug-likeness (QED) is 0.747. The second kappa shape index (κ2) is 7.62. The maximum absolute atomic E-state index is 13.4. The molecule has 2 aromatic heterocycles. The zero-order chi connectivity index (χ0) is 18.8. The van der Waals surface area contributed by atoms with Gasteiger partial charge in [0.1, 0.15) is 5.82 Å². The highest BCUT2D eigenvalue weighted by molar-refractivity contribution is 6.33. The van der Waals surface area contributed by atoms with E-state index in [-0.39, 0.29) is 11.5 Å². The van der Waals surface area contributed by atoms with Crippen LogP contribution < -0.4 is 11.0 Å². The van der Waals surface area contributed by atoms with Crippen molar-refractivity contribution < 1.29 is 4.39 Å². The van der Waals surface area contributed by atoms with Crippen LogP contribution in [0.4, 0.5) is 4.39 Å². The van der Waals surface area contributed by atoms with Crippen molar-refractivity contribution >= 4 is 11.6 Å². The van der Waals surface area contributed by atoms with Crippen LogP contribution in [0.5, 0.6) is 0 Å². The van der Waals surface area contributed by atoms with E-state index < -0.39 is 0 Å². The van der Waals surface area contributed by atoms with E-state index in [9.17, 15) is 9.18 Å². The molecule has 6 nitrogen and oxygen atoms in total. The van der Waals surface area contributed by atoms with E-state index in [0.29, 0.717) is 34.6 Å². The predicted octanol–water partition coefficient (Wildman–Crippen LogP) is 2.89. The first-order valence-electron chi connectivity index (χ1n) is 8.90. The number of aromatic nitrogens is 4. The highest BCUT2D eigenvalue weighted by atomic mass is 35.5. The fourth-order valence-electron chi connectivity index (χ4n) is 3.39. The third-order valence-electron chi connectivity index (χ3n) is 4.83. The molecule has 1 aromatic carbocycles. The Bertz CT molecular complexity index is 992. The summed E-state index contributed by atoms with van der Waals surface area (Å²) in [6, 6.07) is 7.49. The molecule has 8 heteroatoms. The molecule has 1 saturated heterocycles. The fourth-order valence-corrected chi connectivity index (χ4v) is 3.59. The van der Waals surface area contributed by atoms with Crippen LogP contribution in [0.25, 0.3) is 17.1 Å². The van der Waals surface area contributed by atoms with Crippen molar-refractivity contribution in [2.45, 2.75) is 19.4 Å². The molecule has 3 aromatic rings. The molecule has 1 N–H and O–H groups in total. The van der Waals surface area contributed by atoms with Gasteiger partial charge in [0.2, 0.25) is 0 Å². The highest BCUT2D eigenvalue weighted by Crippen LogP contribution is 2.26. The second-order valence-electron chi connectivity index (χ2n) is 6.65. The zero-order valence-electron chi connectivity index (χ0n) is 14.6. The topological polar surface area (TPSA) is 64.7 Å². The molecule has 0 radical (unpaired) electrons. The summed E-state index contributed by atoms with van der Waals surface area (Å²) in [4.78, 5) is 17.1. The molecule has 1 aliphatic rings. The first kappa shape index (κ1) is 17.9.